The molecule has 1 aliphatic heterocycles. The van der Waals surface area contributed by atoms with Gasteiger partial charge in [-0.1, -0.05) is 0 Å². The lowest BCUT2D eigenvalue weighted by atomic mass is 10.0. The molecule has 0 bridgehead atoms. The third kappa shape index (κ3) is 1.71. The lowest BCUT2D eigenvalue weighted by Gasteiger charge is -2.39. The van der Waals surface area contributed by atoms with Gasteiger partial charge < -0.3 is 15.3 Å². The van der Waals surface area contributed by atoms with Crippen molar-refractivity contribution in [2.45, 2.75) is 26.3 Å². The van der Waals surface area contributed by atoms with Gasteiger partial charge in [0.25, 0.3) is 0 Å². The van der Waals surface area contributed by atoms with E-state index < -0.39 is 0 Å². The quantitative estimate of drug-likeness (QED) is 0.657. The molecule has 1 amide bonds. The number of anilines is 2. The Hall–Kier alpha value is -1.71. The van der Waals surface area contributed by atoms with Gasteiger partial charge in [0.05, 0.1) is 17.9 Å². The van der Waals surface area contributed by atoms with Gasteiger partial charge in [-0.15, -0.1) is 0 Å². The standard InChI is InChI=1S/C12H16N2O2/c1-12(2,3)14-10-6-8(15)4-5-9(10)13-7-11(14)16/h4-6,13,15H,7H2,1-3H3. The number of hydrogen-bond acceptors (Lipinski definition) is 3. The maximum Gasteiger partial charge on any atom is 0.246 e. The molecule has 2 rings (SSSR count). The van der Waals surface area contributed by atoms with Crippen LogP contribution in [0.25, 0.3) is 0 Å². The number of carbonyl (C=O) groups excluding carboxylic acids is 1. The van der Waals surface area contributed by atoms with Gasteiger partial charge in [0.2, 0.25) is 5.91 Å². The van der Waals surface area contributed by atoms with E-state index in [1.807, 2.05) is 20.8 Å². The number of amides is 1. The van der Waals surface area contributed by atoms with E-state index in [9.17, 15) is 9.90 Å². The first-order valence-electron chi connectivity index (χ1n) is 5.29. The molecule has 0 aliphatic carbocycles. The number of nitrogens with one attached hydrogen (secondary N) is 1. The van der Waals surface area contributed by atoms with Crippen molar-refractivity contribution >= 4 is 17.3 Å². The van der Waals surface area contributed by atoms with E-state index in [-0.39, 0.29) is 17.2 Å². The van der Waals surface area contributed by atoms with Crippen LogP contribution in [0.5, 0.6) is 5.75 Å². The molecule has 0 aromatic heterocycles. The van der Waals surface area contributed by atoms with E-state index in [2.05, 4.69) is 5.32 Å². The number of hydrogen-bond donors (Lipinski definition) is 2. The minimum atomic E-state index is -0.290. The van der Waals surface area contributed by atoms with Crippen molar-refractivity contribution in [3.8, 4) is 5.75 Å². The zero-order valence-corrected chi connectivity index (χ0v) is 9.74. The van der Waals surface area contributed by atoms with E-state index >= 15 is 0 Å². The molecule has 4 nitrogen and oxygen atoms in total. The van der Waals surface area contributed by atoms with Crippen molar-refractivity contribution in [1.82, 2.24) is 0 Å². The summed E-state index contributed by atoms with van der Waals surface area (Å²) >= 11 is 0. The number of nitrogens with zero attached hydrogens (tertiary/aromatic N) is 1. The maximum absolute atomic E-state index is 11.9. The summed E-state index contributed by atoms with van der Waals surface area (Å²) in [6.07, 6.45) is 0. The Morgan fingerprint density at radius 3 is 2.69 bits per heavy atom. The Labute approximate surface area is 94.9 Å². The largest absolute Gasteiger partial charge is 0.508 e. The van der Waals surface area contributed by atoms with Crippen LogP contribution in [-0.2, 0) is 4.79 Å². The Morgan fingerprint density at radius 2 is 2.06 bits per heavy atom. The molecule has 1 aromatic carbocycles. The first-order valence-corrected chi connectivity index (χ1v) is 5.29. The minimum Gasteiger partial charge on any atom is -0.508 e. The van der Waals surface area contributed by atoms with Crippen LogP contribution >= 0.6 is 0 Å². The van der Waals surface area contributed by atoms with Crippen LogP contribution in [0.1, 0.15) is 20.8 Å². The third-order valence-electron chi connectivity index (χ3n) is 2.57. The summed E-state index contributed by atoms with van der Waals surface area (Å²) in [6.45, 7) is 6.23. The molecule has 1 heterocycles. The Bertz CT molecular complexity index is 435. The summed E-state index contributed by atoms with van der Waals surface area (Å²) in [5, 5.41) is 12.5. The molecular weight excluding hydrogens is 204 g/mol. The van der Waals surface area contributed by atoms with Crippen molar-refractivity contribution < 1.29 is 9.90 Å². The molecule has 0 unspecified atom stereocenters. The molecule has 86 valence electrons. The molecule has 16 heavy (non-hydrogen) atoms. The van der Waals surface area contributed by atoms with Gasteiger partial charge in [0, 0.05) is 11.6 Å². The van der Waals surface area contributed by atoms with E-state index in [0.717, 1.165) is 11.4 Å². The number of phenols is 1. The fraction of sp³-hybridized carbons (Fsp3) is 0.417. The van der Waals surface area contributed by atoms with Gasteiger partial charge in [-0.05, 0) is 32.9 Å². The first kappa shape index (κ1) is 10.8. The number of aromatic hydroxyl groups is 1. The first-order chi connectivity index (χ1) is 7.39. The molecule has 0 radical (unpaired) electrons. The summed E-state index contributed by atoms with van der Waals surface area (Å²) in [7, 11) is 0. The second-order valence-electron chi connectivity index (χ2n) is 4.95. The number of rotatable bonds is 0. The predicted octanol–water partition coefficient (Wildman–Crippen LogP) is 1.95. The fourth-order valence-corrected chi connectivity index (χ4v) is 1.97. The van der Waals surface area contributed by atoms with Crippen molar-refractivity contribution in [3.63, 3.8) is 0 Å². The van der Waals surface area contributed by atoms with E-state index in [1.165, 1.54) is 0 Å². The van der Waals surface area contributed by atoms with Crippen molar-refractivity contribution in [1.29, 1.82) is 0 Å². The minimum absolute atomic E-state index is 0.0191. The molecule has 0 saturated heterocycles. The number of fused-ring (bicyclic) bond motifs is 1. The lowest BCUT2D eigenvalue weighted by Crippen LogP contribution is -2.50. The molecule has 4 heteroatoms. The summed E-state index contributed by atoms with van der Waals surface area (Å²) in [5.74, 6) is 0.190. The van der Waals surface area contributed by atoms with Crippen LogP contribution in [0, 0.1) is 0 Å². The highest BCUT2D eigenvalue weighted by molar-refractivity contribution is 6.03. The zero-order valence-electron chi connectivity index (χ0n) is 9.74. The molecule has 0 spiro atoms. The molecule has 1 aliphatic rings. The van der Waals surface area contributed by atoms with Crippen LogP contribution in [0.15, 0.2) is 18.2 Å². The van der Waals surface area contributed by atoms with Gasteiger partial charge >= 0.3 is 0 Å². The van der Waals surface area contributed by atoms with Gasteiger partial charge in [-0.25, -0.2) is 0 Å². The number of benzene rings is 1. The van der Waals surface area contributed by atoms with Gasteiger partial charge in [0.1, 0.15) is 5.75 Å². The van der Waals surface area contributed by atoms with Crippen molar-refractivity contribution in [2.24, 2.45) is 0 Å². The smallest absolute Gasteiger partial charge is 0.246 e. The zero-order chi connectivity index (χ0) is 11.9. The van der Waals surface area contributed by atoms with Crippen molar-refractivity contribution in [3.05, 3.63) is 18.2 Å². The molecular formula is C12H16N2O2. The summed E-state index contributed by atoms with van der Waals surface area (Å²) in [5.41, 5.74) is 1.33. The van der Waals surface area contributed by atoms with Crippen molar-refractivity contribution in [2.75, 3.05) is 16.8 Å². The number of carbonyl (C=O) groups is 1. The Morgan fingerprint density at radius 1 is 1.38 bits per heavy atom. The molecule has 0 fully saturated rings. The highest BCUT2D eigenvalue weighted by atomic mass is 16.3. The summed E-state index contributed by atoms with van der Waals surface area (Å²) in [6, 6.07) is 5.02. The summed E-state index contributed by atoms with van der Waals surface area (Å²) < 4.78 is 0. The molecule has 2 N–H and O–H groups in total. The van der Waals surface area contributed by atoms with Gasteiger partial charge in [0.15, 0.2) is 0 Å². The molecule has 1 aromatic rings. The van der Waals surface area contributed by atoms with Crippen LogP contribution < -0.4 is 10.2 Å². The van der Waals surface area contributed by atoms with Crippen LogP contribution in [0.3, 0.4) is 0 Å². The van der Waals surface area contributed by atoms with Crippen LogP contribution in [0.4, 0.5) is 11.4 Å². The van der Waals surface area contributed by atoms with E-state index in [1.54, 1.807) is 23.1 Å². The lowest BCUT2D eigenvalue weighted by molar-refractivity contribution is -0.118. The van der Waals surface area contributed by atoms with E-state index in [4.69, 9.17) is 0 Å². The SMILES string of the molecule is CC(C)(C)N1C(=O)CNc2ccc(O)cc21. The summed E-state index contributed by atoms with van der Waals surface area (Å²) in [4.78, 5) is 13.6. The molecule has 0 atom stereocenters. The number of phenolic OH excluding ortho intramolecular Hbond substituents is 1. The van der Waals surface area contributed by atoms with Gasteiger partial charge in [-0.3, -0.25) is 4.79 Å². The molecule has 0 saturated carbocycles. The normalized spacial score (nSPS) is 15.7. The van der Waals surface area contributed by atoms with E-state index in [0.29, 0.717) is 6.54 Å². The fourth-order valence-electron chi connectivity index (χ4n) is 1.97. The third-order valence-corrected chi connectivity index (χ3v) is 2.57. The highest BCUT2D eigenvalue weighted by Gasteiger charge is 2.32. The Kier molecular flexibility index (Phi) is 2.30. The maximum atomic E-state index is 11.9. The second-order valence-corrected chi connectivity index (χ2v) is 4.95. The average Bonchev–Trinajstić information content (AvgIpc) is 2.14. The predicted molar refractivity (Wildman–Crippen MR) is 63.8 cm³/mol. The van der Waals surface area contributed by atoms with Gasteiger partial charge in [-0.2, -0.15) is 0 Å². The second kappa shape index (κ2) is 3.40. The average molecular weight is 220 g/mol. The van der Waals surface area contributed by atoms with Crippen LogP contribution in [-0.4, -0.2) is 23.1 Å². The highest BCUT2D eigenvalue weighted by Crippen LogP contribution is 2.36. The Balaban J connectivity index is 2.55. The monoisotopic (exact) mass is 220 g/mol. The van der Waals surface area contributed by atoms with Crippen LogP contribution in [0.2, 0.25) is 0 Å². The topological polar surface area (TPSA) is 52.6 Å².